The molecular weight excluding hydrogens is 358 g/mol. The fourth-order valence-electron chi connectivity index (χ4n) is 2.86. The molecule has 0 aliphatic rings. The summed E-state index contributed by atoms with van der Waals surface area (Å²) in [6.07, 6.45) is 3.68. The lowest BCUT2D eigenvalue weighted by molar-refractivity contribution is -0.113. The van der Waals surface area contributed by atoms with E-state index in [0.29, 0.717) is 12.3 Å². The predicted molar refractivity (Wildman–Crippen MR) is 110 cm³/mol. The molecule has 0 aliphatic heterocycles. The molecule has 0 saturated heterocycles. The molecule has 3 rings (SSSR count). The van der Waals surface area contributed by atoms with Gasteiger partial charge in [0.1, 0.15) is 5.75 Å². The normalized spacial score (nSPS) is 10.6. The summed E-state index contributed by atoms with van der Waals surface area (Å²) < 4.78 is 7.23. The highest BCUT2D eigenvalue weighted by Gasteiger charge is 2.09. The van der Waals surface area contributed by atoms with Crippen LogP contribution < -0.4 is 10.1 Å². The van der Waals surface area contributed by atoms with Crippen LogP contribution in [0.15, 0.2) is 60.0 Å². The summed E-state index contributed by atoms with van der Waals surface area (Å²) in [6, 6.07) is 14.0. The minimum atomic E-state index is -0.0380. The number of ether oxygens (including phenoxy) is 1. The first kappa shape index (κ1) is 19.0. The Kier molecular flexibility index (Phi) is 6.19. The topological polar surface area (TPSA) is 56.2 Å². The minimum absolute atomic E-state index is 0.0380. The van der Waals surface area contributed by atoms with Crippen molar-refractivity contribution >= 4 is 23.4 Å². The van der Waals surface area contributed by atoms with Crippen molar-refractivity contribution in [1.29, 1.82) is 0 Å². The van der Waals surface area contributed by atoms with Gasteiger partial charge < -0.3 is 14.6 Å². The smallest absolute Gasteiger partial charge is 0.234 e. The van der Waals surface area contributed by atoms with Gasteiger partial charge in [0.05, 0.1) is 12.9 Å². The molecule has 0 spiro atoms. The van der Waals surface area contributed by atoms with Gasteiger partial charge in [-0.25, -0.2) is 4.98 Å². The van der Waals surface area contributed by atoms with E-state index in [9.17, 15) is 4.79 Å². The number of benzene rings is 2. The van der Waals surface area contributed by atoms with Gasteiger partial charge in [0, 0.05) is 24.6 Å². The summed E-state index contributed by atoms with van der Waals surface area (Å²) in [7, 11) is 1.66. The van der Waals surface area contributed by atoms with Gasteiger partial charge in [-0.3, -0.25) is 4.79 Å². The van der Waals surface area contributed by atoms with Crippen molar-refractivity contribution in [3.05, 3.63) is 71.5 Å². The number of rotatable bonds is 7. The number of imidazole rings is 1. The van der Waals surface area contributed by atoms with Crippen LogP contribution in [0.25, 0.3) is 0 Å². The highest BCUT2D eigenvalue weighted by Crippen LogP contribution is 2.20. The van der Waals surface area contributed by atoms with Crippen molar-refractivity contribution in [2.45, 2.75) is 25.5 Å². The fourth-order valence-corrected chi connectivity index (χ4v) is 3.62. The van der Waals surface area contributed by atoms with Gasteiger partial charge in [0.15, 0.2) is 5.16 Å². The Hall–Kier alpha value is -2.73. The van der Waals surface area contributed by atoms with Gasteiger partial charge in [-0.05, 0) is 54.8 Å². The molecular formula is C21H23N3O2S. The number of hydrogen-bond acceptors (Lipinski definition) is 4. The Morgan fingerprint density at radius 3 is 2.52 bits per heavy atom. The molecule has 5 nitrogen and oxygen atoms in total. The summed E-state index contributed by atoms with van der Waals surface area (Å²) in [5.74, 6) is 1.11. The molecule has 0 saturated carbocycles. The summed E-state index contributed by atoms with van der Waals surface area (Å²) in [5.41, 5.74) is 4.25. The van der Waals surface area contributed by atoms with E-state index in [-0.39, 0.29) is 5.91 Å². The molecule has 0 bridgehead atoms. The predicted octanol–water partition coefficient (Wildman–Crippen LogP) is 4.29. The first-order valence-corrected chi connectivity index (χ1v) is 9.67. The van der Waals surface area contributed by atoms with Gasteiger partial charge in [0.25, 0.3) is 0 Å². The lowest BCUT2D eigenvalue weighted by Crippen LogP contribution is -2.15. The Balaban J connectivity index is 1.58. The lowest BCUT2D eigenvalue weighted by atomic mass is 10.1. The zero-order valence-corrected chi connectivity index (χ0v) is 16.5. The molecule has 0 atom stereocenters. The zero-order chi connectivity index (χ0) is 19.2. The van der Waals surface area contributed by atoms with Gasteiger partial charge in [-0.15, -0.1) is 0 Å². The SMILES string of the molecule is COc1ccc(Cn2ccnc2SCC(=O)Nc2cc(C)cc(C)c2)cc1. The van der Waals surface area contributed by atoms with Crippen molar-refractivity contribution in [1.82, 2.24) is 9.55 Å². The number of nitrogens with one attached hydrogen (secondary N) is 1. The third kappa shape index (κ3) is 5.37. The summed E-state index contributed by atoms with van der Waals surface area (Å²) in [4.78, 5) is 16.7. The second-order valence-corrected chi connectivity index (χ2v) is 7.34. The third-order valence-corrected chi connectivity index (χ3v) is 5.03. The number of thioether (sulfide) groups is 1. The van der Waals surface area contributed by atoms with Crippen LogP contribution in [0.1, 0.15) is 16.7 Å². The minimum Gasteiger partial charge on any atom is -0.497 e. The molecule has 3 aromatic rings. The molecule has 1 heterocycles. The van der Waals surface area contributed by atoms with Crippen molar-refractivity contribution in [3.8, 4) is 5.75 Å². The number of carbonyl (C=O) groups excluding carboxylic acids is 1. The van der Waals surface area contributed by atoms with Crippen LogP contribution in [-0.2, 0) is 11.3 Å². The molecule has 1 aromatic heterocycles. The number of aryl methyl sites for hydroxylation is 2. The average molecular weight is 382 g/mol. The van der Waals surface area contributed by atoms with Crippen molar-refractivity contribution in [2.24, 2.45) is 0 Å². The Morgan fingerprint density at radius 1 is 1.15 bits per heavy atom. The Labute approximate surface area is 163 Å². The second kappa shape index (κ2) is 8.77. The van der Waals surface area contributed by atoms with Gasteiger partial charge in [-0.2, -0.15) is 0 Å². The summed E-state index contributed by atoms with van der Waals surface area (Å²) >= 11 is 1.43. The monoisotopic (exact) mass is 381 g/mol. The molecule has 6 heteroatoms. The van der Waals surface area contributed by atoms with E-state index in [1.54, 1.807) is 13.3 Å². The maximum atomic E-state index is 12.3. The molecule has 140 valence electrons. The van der Waals surface area contributed by atoms with Crippen LogP contribution in [0.4, 0.5) is 5.69 Å². The van der Waals surface area contributed by atoms with E-state index in [4.69, 9.17) is 4.74 Å². The molecule has 0 unspecified atom stereocenters. The highest BCUT2D eigenvalue weighted by atomic mass is 32.2. The summed E-state index contributed by atoms with van der Waals surface area (Å²) in [6.45, 7) is 4.74. The van der Waals surface area contributed by atoms with E-state index >= 15 is 0 Å². The molecule has 27 heavy (non-hydrogen) atoms. The Morgan fingerprint density at radius 2 is 1.85 bits per heavy atom. The number of anilines is 1. The highest BCUT2D eigenvalue weighted by molar-refractivity contribution is 7.99. The van der Waals surface area contributed by atoms with E-state index in [1.165, 1.54) is 11.8 Å². The molecule has 1 N–H and O–H groups in total. The van der Waals surface area contributed by atoms with Crippen LogP contribution in [0, 0.1) is 13.8 Å². The number of aromatic nitrogens is 2. The number of nitrogens with zero attached hydrogens (tertiary/aromatic N) is 2. The number of hydrogen-bond donors (Lipinski definition) is 1. The molecule has 0 aliphatic carbocycles. The quantitative estimate of drug-likeness (QED) is 0.621. The van der Waals surface area contributed by atoms with Crippen molar-refractivity contribution < 1.29 is 9.53 Å². The maximum absolute atomic E-state index is 12.3. The summed E-state index contributed by atoms with van der Waals surface area (Å²) in [5, 5.41) is 3.78. The van der Waals surface area contributed by atoms with Crippen molar-refractivity contribution in [3.63, 3.8) is 0 Å². The van der Waals surface area contributed by atoms with Crippen LogP contribution in [-0.4, -0.2) is 28.3 Å². The number of carbonyl (C=O) groups is 1. The average Bonchev–Trinajstić information content (AvgIpc) is 3.07. The molecule has 2 aromatic carbocycles. The van der Waals surface area contributed by atoms with E-state index < -0.39 is 0 Å². The van der Waals surface area contributed by atoms with Gasteiger partial charge in [-0.1, -0.05) is 30.0 Å². The Bertz CT molecular complexity index is 899. The van der Waals surface area contributed by atoms with E-state index in [1.807, 2.05) is 61.0 Å². The maximum Gasteiger partial charge on any atom is 0.234 e. The van der Waals surface area contributed by atoms with E-state index in [2.05, 4.69) is 16.4 Å². The van der Waals surface area contributed by atoms with E-state index in [0.717, 1.165) is 33.3 Å². The van der Waals surface area contributed by atoms with Crippen LogP contribution >= 0.6 is 11.8 Å². The fraction of sp³-hybridized carbons (Fsp3) is 0.238. The first-order chi connectivity index (χ1) is 13.0. The number of methoxy groups -OCH3 is 1. The number of amides is 1. The zero-order valence-electron chi connectivity index (χ0n) is 15.7. The largest absolute Gasteiger partial charge is 0.497 e. The lowest BCUT2D eigenvalue weighted by Gasteiger charge is -2.09. The molecule has 1 amide bonds. The van der Waals surface area contributed by atoms with Crippen LogP contribution in [0.2, 0.25) is 0 Å². The van der Waals surface area contributed by atoms with Gasteiger partial charge >= 0.3 is 0 Å². The van der Waals surface area contributed by atoms with Crippen LogP contribution in [0.5, 0.6) is 5.75 Å². The molecule has 0 fully saturated rings. The first-order valence-electron chi connectivity index (χ1n) is 8.68. The standard InChI is InChI=1S/C21H23N3O2S/c1-15-10-16(2)12-18(11-15)23-20(25)14-27-21-22-8-9-24(21)13-17-4-6-19(26-3)7-5-17/h4-12H,13-14H2,1-3H3,(H,23,25). The second-order valence-electron chi connectivity index (χ2n) is 6.40. The molecule has 0 radical (unpaired) electrons. The van der Waals surface area contributed by atoms with Gasteiger partial charge in [0.2, 0.25) is 5.91 Å². The third-order valence-electron chi connectivity index (χ3n) is 4.03. The van der Waals surface area contributed by atoms with Crippen LogP contribution in [0.3, 0.4) is 0 Å². The van der Waals surface area contributed by atoms with Crippen molar-refractivity contribution in [2.75, 3.05) is 18.2 Å².